The first-order chi connectivity index (χ1) is 11.2. The third-order valence-electron chi connectivity index (χ3n) is 4.04. The smallest absolute Gasteiger partial charge is 0.292 e. The van der Waals surface area contributed by atoms with Crippen molar-refractivity contribution < 1.29 is 9.32 Å². The molecule has 5 nitrogen and oxygen atoms in total. The molecule has 0 spiro atoms. The van der Waals surface area contributed by atoms with Crippen molar-refractivity contribution in [1.29, 1.82) is 0 Å². The van der Waals surface area contributed by atoms with Crippen LogP contribution in [-0.2, 0) is 0 Å². The van der Waals surface area contributed by atoms with Crippen molar-refractivity contribution in [2.75, 3.05) is 19.6 Å². The fourth-order valence-corrected chi connectivity index (χ4v) is 3.09. The highest BCUT2D eigenvalue weighted by atomic mass is 35.5. The van der Waals surface area contributed by atoms with Crippen LogP contribution < -0.4 is 5.32 Å². The van der Waals surface area contributed by atoms with Crippen LogP contribution in [0.2, 0.25) is 5.02 Å². The first kappa shape index (κ1) is 16.0. The molecule has 122 valence electrons. The van der Waals surface area contributed by atoms with Gasteiger partial charge in [0.05, 0.1) is 0 Å². The molecule has 23 heavy (non-hydrogen) atoms. The van der Waals surface area contributed by atoms with Crippen molar-refractivity contribution in [1.82, 2.24) is 15.4 Å². The molecule has 1 fully saturated rings. The number of hydrogen-bond donors (Lipinski definition) is 1. The van der Waals surface area contributed by atoms with Gasteiger partial charge in [-0.2, -0.15) is 0 Å². The third-order valence-corrected chi connectivity index (χ3v) is 4.28. The molecule has 1 unspecified atom stereocenters. The normalized spacial score (nSPS) is 17.4. The Morgan fingerprint density at radius 3 is 3.04 bits per heavy atom. The van der Waals surface area contributed by atoms with Crippen LogP contribution in [-0.4, -0.2) is 41.6 Å². The summed E-state index contributed by atoms with van der Waals surface area (Å²) >= 11 is 6.00. The summed E-state index contributed by atoms with van der Waals surface area (Å²) in [6.45, 7) is 4.57. The standard InChI is InChI=1S/C17H20ClN3O2/c1-2-8-21(14-6-7-19-11-14)17(22)16-10-15(20-23-16)12-4-3-5-13(18)9-12/h3-5,9-10,14,19H,2,6-8,11H2,1H3. The van der Waals surface area contributed by atoms with Crippen LogP contribution >= 0.6 is 11.6 Å². The van der Waals surface area contributed by atoms with Crippen molar-refractivity contribution >= 4 is 17.5 Å². The summed E-state index contributed by atoms with van der Waals surface area (Å²) in [7, 11) is 0. The summed E-state index contributed by atoms with van der Waals surface area (Å²) in [5.74, 6) is 0.182. The largest absolute Gasteiger partial charge is 0.350 e. The van der Waals surface area contributed by atoms with Crippen molar-refractivity contribution in [2.45, 2.75) is 25.8 Å². The Balaban J connectivity index is 1.81. The predicted molar refractivity (Wildman–Crippen MR) is 89.6 cm³/mol. The first-order valence-corrected chi connectivity index (χ1v) is 8.31. The highest BCUT2D eigenvalue weighted by Gasteiger charge is 2.29. The zero-order valence-corrected chi connectivity index (χ0v) is 13.8. The van der Waals surface area contributed by atoms with Crippen LogP contribution in [0.4, 0.5) is 0 Å². The molecule has 0 saturated carbocycles. The van der Waals surface area contributed by atoms with Gasteiger partial charge in [-0.1, -0.05) is 35.8 Å². The average molecular weight is 334 g/mol. The number of nitrogens with zero attached hydrogens (tertiary/aromatic N) is 2. The zero-order chi connectivity index (χ0) is 16.2. The molecule has 0 radical (unpaired) electrons. The Morgan fingerprint density at radius 1 is 1.48 bits per heavy atom. The maximum Gasteiger partial charge on any atom is 0.292 e. The van der Waals surface area contributed by atoms with Gasteiger partial charge in [0.1, 0.15) is 5.69 Å². The minimum absolute atomic E-state index is 0.0960. The van der Waals surface area contributed by atoms with E-state index in [9.17, 15) is 4.79 Å². The lowest BCUT2D eigenvalue weighted by Crippen LogP contribution is -2.41. The van der Waals surface area contributed by atoms with Gasteiger partial charge in [-0.25, -0.2) is 0 Å². The number of amides is 1. The average Bonchev–Trinajstić information content (AvgIpc) is 3.23. The van der Waals surface area contributed by atoms with Crippen LogP contribution in [0.15, 0.2) is 34.9 Å². The fourth-order valence-electron chi connectivity index (χ4n) is 2.90. The molecule has 1 aromatic carbocycles. The SMILES string of the molecule is CCCN(C(=O)c1cc(-c2cccc(Cl)c2)no1)C1CCNC1. The number of carbonyl (C=O) groups is 1. The molecule has 2 aromatic rings. The van der Waals surface area contributed by atoms with Gasteiger partial charge in [-0.3, -0.25) is 4.79 Å². The van der Waals surface area contributed by atoms with Gasteiger partial charge in [-0.05, 0) is 31.5 Å². The Hall–Kier alpha value is -1.85. The first-order valence-electron chi connectivity index (χ1n) is 7.93. The Morgan fingerprint density at radius 2 is 2.35 bits per heavy atom. The number of nitrogens with one attached hydrogen (secondary N) is 1. The molecular formula is C17H20ClN3O2. The lowest BCUT2D eigenvalue weighted by molar-refractivity contribution is 0.0650. The van der Waals surface area contributed by atoms with Gasteiger partial charge < -0.3 is 14.7 Å². The van der Waals surface area contributed by atoms with Gasteiger partial charge in [0.25, 0.3) is 5.91 Å². The number of rotatable bonds is 5. The molecule has 1 saturated heterocycles. The van der Waals surface area contributed by atoms with Crippen molar-refractivity contribution in [3.8, 4) is 11.3 Å². The summed E-state index contributed by atoms with van der Waals surface area (Å²) in [4.78, 5) is 14.7. The van der Waals surface area contributed by atoms with Crippen LogP contribution in [0.25, 0.3) is 11.3 Å². The molecule has 1 atom stereocenters. The predicted octanol–water partition coefficient (Wildman–Crippen LogP) is 3.21. The van der Waals surface area contributed by atoms with Crippen molar-refractivity contribution in [2.24, 2.45) is 0 Å². The molecule has 6 heteroatoms. The second-order valence-electron chi connectivity index (χ2n) is 5.73. The highest BCUT2D eigenvalue weighted by molar-refractivity contribution is 6.30. The summed E-state index contributed by atoms with van der Waals surface area (Å²) in [5, 5.41) is 7.95. The van der Waals surface area contributed by atoms with E-state index in [1.54, 1.807) is 18.2 Å². The van der Waals surface area contributed by atoms with E-state index < -0.39 is 0 Å². The van der Waals surface area contributed by atoms with Crippen LogP contribution in [0, 0.1) is 0 Å². The number of hydrogen-bond acceptors (Lipinski definition) is 4. The van der Waals surface area contributed by atoms with Crippen molar-refractivity contribution in [3.05, 3.63) is 41.1 Å². The van der Waals surface area contributed by atoms with Crippen LogP contribution in [0.1, 0.15) is 30.3 Å². The lowest BCUT2D eigenvalue weighted by Gasteiger charge is -2.26. The van der Waals surface area contributed by atoms with E-state index in [0.717, 1.165) is 38.0 Å². The topological polar surface area (TPSA) is 58.4 Å². The maximum absolute atomic E-state index is 12.8. The minimum atomic E-state index is -0.0960. The van der Waals surface area contributed by atoms with E-state index in [1.165, 1.54) is 0 Å². The number of aromatic nitrogens is 1. The van der Waals surface area contributed by atoms with Crippen LogP contribution in [0.5, 0.6) is 0 Å². The molecule has 1 N–H and O–H groups in total. The van der Waals surface area contributed by atoms with E-state index in [1.807, 2.05) is 17.0 Å². The van der Waals surface area contributed by atoms with Gasteiger partial charge >= 0.3 is 0 Å². The zero-order valence-electron chi connectivity index (χ0n) is 13.1. The van der Waals surface area contributed by atoms with E-state index in [0.29, 0.717) is 10.7 Å². The summed E-state index contributed by atoms with van der Waals surface area (Å²) in [6, 6.07) is 9.26. The second-order valence-corrected chi connectivity index (χ2v) is 6.17. The molecule has 1 amide bonds. The molecule has 1 aliphatic heterocycles. The quantitative estimate of drug-likeness (QED) is 0.912. The highest BCUT2D eigenvalue weighted by Crippen LogP contribution is 2.23. The molecule has 2 heterocycles. The maximum atomic E-state index is 12.8. The molecule has 1 aliphatic rings. The van der Waals surface area contributed by atoms with Gasteiger partial charge in [0.15, 0.2) is 0 Å². The molecular weight excluding hydrogens is 314 g/mol. The molecule has 1 aromatic heterocycles. The summed E-state index contributed by atoms with van der Waals surface area (Å²) in [6.07, 6.45) is 1.89. The van der Waals surface area contributed by atoms with Gasteiger partial charge in [0, 0.05) is 35.8 Å². The Bertz CT molecular complexity index is 680. The van der Waals surface area contributed by atoms with Crippen LogP contribution in [0.3, 0.4) is 0 Å². The molecule has 0 aliphatic carbocycles. The minimum Gasteiger partial charge on any atom is -0.350 e. The summed E-state index contributed by atoms with van der Waals surface area (Å²) < 4.78 is 5.30. The monoisotopic (exact) mass is 333 g/mol. The van der Waals surface area contributed by atoms with Crippen molar-refractivity contribution in [3.63, 3.8) is 0 Å². The van der Waals surface area contributed by atoms with E-state index in [-0.39, 0.29) is 17.7 Å². The van der Waals surface area contributed by atoms with Gasteiger partial charge in [-0.15, -0.1) is 0 Å². The van der Waals surface area contributed by atoms with E-state index >= 15 is 0 Å². The number of carbonyl (C=O) groups excluding carboxylic acids is 1. The van der Waals surface area contributed by atoms with E-state index in [2.05, 4.69) is 17.4 Å². The third kappa shape index (κ3) is 3.57. The van der Waals surface area contributed by atoms with E-state index in [4.69, 9.17) is 16.1 Å². The van der Waals surface area contributed by atoms with Gasteiger partial charge in [0.2, 0.25) is 5.76 Å². The molecule has 3 rings (SSSR count). The lowest BCUT2D eigenvalue weighted by atomic mass is 10.1. The number of benzene rings is 1. The summed E-state index contributed by atoms with van der Waals surface area (Å²) in [5.41, 5.74) is 1.46. The fraction of sp³-hybridized carbons (Fsp3) is 0.412. The Kier molecular flexibility index (Phi) is 4.98. The second kappa shape index (κ2) is 7.15. The Labute approximate surface area is 140 Å². The number of halogens is 1. The molecule has 0 bridgehead atoms.